The van der Waals surface area contributed by atoms with E-state index in [9.17, 15) is 13.2 Å². The van der Waals surface area contributed by atoms with Gasteiger partial charge in [0, 0.05) is 19.2 Å². The number of carbonyl (C=O) groups is 1. The minimum Gasteiger partial charge on any atom is -0.410 e. The van der Waals surface area contributed by atoms with Crippen LogP contribution in [0.1, 0.15) is 5.56 Å². The number of ether oxygens (including phenoxy) is 1. The van der Waals surface area contributed by atoms with E-state index in [1.165, 1.54) is 4.90 Å². The number of nitrogens with zero attached hydrogens (tertiary/aromatic N) is 2. The van der Waals surface area contributed by atoms with Crippen molar-refractivity contribution >= 4 is 21.8 Å². The Balaban J connectivity index is 2.01. The number of carbonyl (C=O) groups excluding carboxylic acids is 1. The van der Waals surface area contributed by atoms with Crippen LogP contribution in [0.2, 0.25) is 0 Å². The van der Waals surface area contributed by atoms with Crippen LogP contribution in [-0.4, -0.2) is 53.0 Å². The number of hydrogen-bond acceptors (Lipinski definition) is 5. The summed E-state index contributed by atoms with van der Waals surface area (Å²) in [5.41, 5.74) is 1.65. The van der Waals surface area contributed by atoms with Gasteiger partial charge in [0.25, 0.3) is 0 Å². The lowest BCUT2D eigenvalue weighted by Crippen LogP contribution is -2.45. The van der Waals surface area contributed by atoms with Gasteiger partial charge in [0.2, 0.25) is 10.0 Å². The molecule has 0 bridgehead atoms. The molecule has 0 aliphatic rings. The highest BCUT2D eigenvalue weighted by molar-refractivity contribution is 7.88. The third-order valence-electron chi connectivity index (χ3n) is 3.95. The van der Waals surface area contributed by atoms with Crippen molar-refractivity contribution in [2.24, 2.45) is 0 Å². The lowest BCUT2D eigenvalue weighted by molar-refractivity contribution is 0.209. The van der Waals surface area contributed by atoms with E-state index in [1.54, 1.807) is 38.2 Å². The highest BCUT2D eigenvalue weighted by atomic mass is 32.2. The Labute approximate surface area is 160 Å². The molecule has 27 heavy (non-hydrogen) atoms. The minimum atomic E-state index is -3.31. The maximum atomic E-state index is 12.2. The van der Waals surface area contributed by atoms with Gasteiger partial charge in [-0.2, -0.15) is 4.72 Å². The average Bonchev–Trinajstić information content (AvgIpc) is 2.61. The van der Waals surface area contributed by atoms with Gasteiger partial charge in [-0.3, -0.25) is 9.80 Å². The zero-order valence-corrected chi connectivity index (χ0v) is 16.7. The summed E-state index contributed by atoms with van der Waals surface area (Å²) in [5.74, 6) is 0.420. The maximum Gasteiger partial charge on any atom is 0.419 e. The molecule has 0 heterocycles. The molecule has 0 radical (unpaired) electrons. The monoisotopic (exact) mass is 391 g/mol. The molecule has 1 N–H and O–H groups in total. The highest BCUT2D eigenvalue weighted by Crippen LogP contribution is 2.17. The van der Waals surface area contributed by atoms with Crippen LogP contribution in [0.25, 0.3) is 0 Å². The predicted octanol–water partition coefficient (Wildman–Crippen LogP) is 2.30. The molecule has 146 valence electrons. The van der Waals surface area contributed by atoms with E-state index >= 15 is 0 Å². The quantitative estimate of drug-likeness (QED) is 0.733. The van der Waals surface area contributed by atoms with E-state index in [0.717, 1.165) is 17.5 Å². The second-order valence-electron chi connectivity index (χ2n) is 6.48. The average molecular weight is 391 g/mol. The zero-order chi connectivity index (χ0) is 20.0. The number of rotatable bonds is 7. The van der Waals surface area contributed by atoms with Crippen LogP contribution in [0, 0.1) is 0 Å². The summed E-state index contributed by atoms with van der Waals surface area (Å²) >= 11 is 0. The van der Waals surface area contributed by atoms with Crippen LogP contribution in [0.15, 0.2) is 54.6 Å². The van der Waals surface area contributed by atoms with Crippen molar-refractivity contribution in [3.63, 3.8) is 0 Å². The standard InChI is InChI=1S/C19H25N3O4S/c1-21(2)18(20-27(4,24)25)14-15-10-12-17(13-11-15)26-19(23)22(3)16-8-6-5-7-9-16/h5-13,18,20H,14H2,1-4H3. The molecule has 0 saturated carbocycles. The van der Waals surface area contributed by atoms with E-state index in [-0.39, 0.29) is 6.17 Å². The molecule has 1 unspecified atom stereocenters. The third kappa shape index (κ3) is 6.67. The van der Waals surface area contributed by atoms with E-state index in [2.05, 4.69) is 4.72 Å². The van der Waals surface area contributed by atoms with Gasteiger partial charge in [0.15, 0.2) is 0 Å². The molecule has 1 atom stereocenters. The number of para-hydroxylation sites is 1. The normalized spacial score (nSPS) is 12.6. The molecule has 8 heteroatoms. The number of anilines is 1. The van der Waals surface area contributed by atoms with Crippen LogP contribution >= 0.6 is 0 Å². The summed E-state index contributed by atoms with van der Waals surface area (Å²) in [6.07, 6.45) is 0.768. The van der Waals surface area contributed by atoms with Crippen LogP contribution in [-0.2, 0) is 16.4 Å². The zero-order valence-electron chi connectivity index (χ0n) is 15.9. The van der Waals surface area contributed by atoms with Crippen molar-refractivity contribution in [3.05, 3.63) is 60.2 Å². The first-order valence-corrected chi connectivity index (χ1v) is 10.3. The summed E-state index contributed by atoms with van der Waals surface area (Å²) in [5, 5.41) is 0. The molecular formula is C19H25N3O4S. The minimum absolute atomic E-state index is 0.363. The fourth-order valence-corrected chi connectivity index (χ4v) is 3.21. The first-order valence-electron chi connectivity index (χ1n) is 8.39. The molecule has 2 rings (SSSR count). The van der Waals surface area contributed by atoms with Crippen molar-refractivity contribution in [2.75, 3.05) is 32.3 Å². The maximum absolute atomic E-state index is 12.2. The van der Waals surface area contributed by atoms with E-state index in [0.29, 0.717) is 12.2 Å². The molecule has 0 aromatic heterocycles. The second kappa shape index (κ2) is 8.98. The van der Waals surface area contributed by atoms with Gasteiger partial charge in [-0.05, 0) is 43.9 Å². The number of benzene rings is 2. The van der Waals surface area contributed by atoms with Crippen LogP contribution in [0.4, 0.5) is 10.5 Å². The fraction of sp³-hybridized carbons (Fsp3) is 0.316. The van der Waals surface area contributed by atoms with Gasteiger partial charge < -0.3 is 4.74 Å². The summed E-state index contributed by atoms with van der Waals surface area (Å²) in [6, 6.07) is 16.2. The van der Waals surface area contributed by atoms with Gasteiger partial charge in [0.05, 0.1) is 12.4 Å². The smallest absolute Gasteiger partial charge is 0.410 e. The lowest BCUT2D eigenvalue weighted by atomic mass is 10.1. The molecule has 0 aliphatic heterocycles. The first kappa shape index (κ1) is 20.9. The van der Waals surface area contributed by atoms with Crippen molar-refractivity contribution in [1.82, 2.24) is 9.62 Å². The number of likely N-dealkylation sites (N-methyl/N-ethyl adjacent to an activating group) is 1. The molecule has 2 aromatic rings. The number of hydrogen-bond donors (Lipinski definition) is 1. The molecule has 0 aliphatic carbocycles. The van der Waals surface area contributed by atoms with Crippen molar-refractivity contribution in [2.45, 2.75) is 12.6 Å². The summed E-state index contributed by atoms with van der Waals surface area (Å²) in [6.45, 7) is 0. The van der Waals surface area contributed by atoms with E-state index in [4.69, 9.17) is 4.74 Å². The van der Waals surface area contributed by atoms with Crippen molar-refractivity contribution < 1.29 is 17.9 Å². The Kier molecular flexibility index (Phi) is 6.95. The summed E-state index contributed by atoms with van der Waals surface area (Å²) in [7, 11) is 1.94. The van der Waals surface area contributed by atoms with E-state index < -0.39 is 16.1 Å². The van der Waals surface area contributed by atoms with Crippen molar-refractivity contribution in [1.29, 1.82) is 0 Å². The number of sulfonamides is 1. The largest absolute Gasteiger partial charge is 0.419 e. The van der Waals surface area contributed by atoms with E-state index in [1.807, 2.05) is 42.5 Å². The topological polar surface area (TPSA) is 79.0 Å². The molecule has 0 spiro atoms. The molecular weight excluding hydrogens is 366 g/mol. The lowest BCUT2D eigenvalue weighted by Gasteiger charge is -2.24. The molecule has 7 nitrogen and oxygen atoms in total. The molecule has 0 fully saturated rings. The van der Waals surface area contributed by atoms with Gasteiger partial charge in [-0.25, -0.2) is 13.2 Å². The highest BCUT2D eigenvalue weighted by Gasteiger charge is 2.17. The van der Waals surface area contributed by atoms with Gasteiger partial charge in [-0.15, -0.1) is 0 Å². The summed E-state index contributed by atoms with van der Waals surface area (Å²) in [4.78, 5) is 15.5. The fourth-order valence-electron chi connectivity index (χ4n) is 2.42. The van der Waals surface area contributed by atoms with Gasteiger partial charge in [0.1, 0.15) is 5.75 Å². The predicted molar refractivity (Wildman–Crippen MR) is 106 cm³/mol. The third-order valence-corrected chi connectivity index (χ3v) is 4.65. The van der Waals surface area contributed by atoms with Crippen LogP contribution in [0.5, 0.6) is 5.75 Å². The Bertz CT molecular complexity index is 852. The van der Waals surface area contributed by atoms with Crippen LogP contribution < -0.4 is 14.4 Å². The van der Waals surface area contributed by atoms with Crippen molar-refractivity contribution in [3.8, 4) is 5.75 Å². The number of amides is 1. The number of nitrogens with one attached hydrogen (secondary N) is 1. The summed E-state index contributed by atoms with van der Waals surface area (Å²) < 4.78 is 31.0. The van der Waals surface area contributed by atoms with Crippen LogP contribution in [0.3, 0.4) is 0 Å². The van der Waals surface area contributed by atoms with Gasteiger partial charge >= 0.3 is 6.09 Å². The molecule has 1 amide bonds. The Hall–Kier alpha value is -2.42. The SMILES string of the molecule is CN(C(=O)Oc1ccc(CC(NS(C)(=O)=O)N(C)C)cc1)c1ccccc1. The first-order chi connectivity index (χ1) is 12.7. The molecule has 0 saturated heterocycles. The Morgan fingerprint density at radius 1 is 1.04 bits per heavy atom. The second-order valence-corrected chi connectivity index (χ2v) is 8.26. The Morgan fingerprint density at radius 2 is 1.63 bits per heavy atom. The molecule has 2 aromatic carbocycles. The van der Waals surface area contributed by atoms with Gasteiger partial charge in [-0.1, -0.05) is 30.3 Å². The Morgan fingerprint density at radius 3 is 2.15 bits per heavy atom.